The summed E-state index contributed by atoms with van der Waals surface area (Å²) in [6.07, 6.45) is 5.54. The van der Waals surface area contributed by atoms with E-state index in [0.717, 1.165) is 18.9 Å². The summed E-state index contributed by atoms with van der Waals surface area (Å²) in [4.78, 5) is 13.9. The minimum absolute atomic E-state index is 0.00294. The van der Waals surface area contributed by atoms with E-state index in [1.807, 2.05) is 26.0 Å². The summed E-state index contributed by atoms with van der Waals surface area (Å²) in [6, 6.07) is 3.79. The van der Waals surface area contributed by atoms with Gasteiger partial charge < -0.3 is 10.2 Å². The summed E-state index contributed by atoms with van der Waals surface area (Å²) >= 11 is 0. The Morgan fingerprint density at radius 3 is 2.45 bits per heavy atom. The number of hydrogen-bond donors (Lipinski definition) is 1. The molecule has 110 valence electrons. The number of nitrogens with one attached hydrogen (secondary N) is 1. The predicted molar refractivity (Wildman–Crippen MR) is 80.8 cm³/mol. The van der Waals surface area contributed by atoms with Crippen LogP contribution in [-0.2, 0) is 4.79 Å². The highest BCUT2D eigenvalue weighted by atomic mass is 16.1. The number of carbonyl (C=O) groups is 1. The minimum atomic E-state index is -0.00294. The normalized spacial score (nSPS) is 16.1. The Morgan fingerprint density at radius 2 is 1.90 bits per heavy atom. The highest BCUT2D eigenvalue weighted by Crippen LogP contribution is 2.17. The van der Waals surface area contributed by atoms with Crippen LogP contribution < -0.4 is 10.2 Å². The molecule has 1 aliphatic rings. The molecule has 1 aliphatic heterocycles. The van der Waals surface area contributed by atoms with E-state index in [1.165, 1.54) is 25.7 Å². The molecule has 1 aromatic heterocycles. The summed E-state index contributed by atoms with van der Waals surface area (Å²) in [5.41, 5.74) is 0. The fourth-order valence-electron chi connectivity index (χ4n) is 2.43. The van der Waals surface area contributed by atoms with Gasteiger partial charge in [-0.2, -0.15) is 0 Å². The van der Waals surface area contributed by atoms with Gasteiger partial charge in [-0.15, -0.1) is 10.2 Å². The maximum absolute atomic E-state index is 11.7. The van der Waals surface area contributed by atoms with Crippen LogP contribution in [0.15, 0.2) is 12.1 Å². The van der Waals surface area contributed by atoms with Crippen molar-refractivity contribution in [1.82, 2.24) is 10.2 Å². The lowest BCUT2D eigenvalue weighted by atomic mass is 10.1. The summed E-state index contributed by atoms with van der Waals surface area (Å²) < 4.78 is 0. The van der Waals surface area contributed by atoms with Crippen molar-refractivity contribution in [2.24, 2.45) is 5.92 Å². The predicted octanol–water partition coefficient (Wildman–Crippen LogP) is 2.84. The lowest BCUT2D eigenvalue weighted by molar-refractivity contribution is -0.116. The molecule has 20 heavy (non-hydrogen) atoms. The van der Waals surface area contributed by atoms with Crippen LogP contribution in [0.4, 0.5) is 11.6 Å². The number of anilines is 2. The molecule has 1 fully saturated rings. The number of hydrogen-bond acceptors (Lipinski definition) is 4. The monoisotopic (exact) mass is 276 g/mol. The zero-order valence-electron chi connectivity index (χ0n) is 12.4. The highest BCUT2D eigenvalue weighted by molar-refractivity contribution is 5.89. The fourth-order valence-corrected chi connectivity index (χ4v) is 2.43. The van der Waals surface area contributed by atoms with E-state index in [9.17, 15) is 4.79 Å². The van der Waals surface area contributed by atoms with E-state index < -0.39 is 0 Å². The minimum Gasteiger partial charge on any atom is -0.355 e. The lowest BCUT2D eigenvalue weighted by Gasteiger charge is -2.20. The number of amides is 1. The largest absolute Gasteiger partial charge is 0.355 e. The van der Waals surface area contributed by atoms with Crippen molar-refractivity contribution in [3.05, 3.63) is 12.1 Å². The second kappa shape index (κ2) is 7.22. The van der Waals surface area contributed by atoms with Gasteiger partial charge in [0.1, 0.15) is 0 Å². The van der Waals surface area contributed by atoms with Crippen LogP contribution in [-0.4, -0.2) is 29.2 Å². The second-order valence-electron chi connectivity index (χ2n) is 5.82. The molecule has 0 atom stereocenters. The molecule has 1 N–H and O–H groups in total. The Bertz CT molecular complexity index is 422. The van der Waals surface area contributed by atoms with Gasteiger partial charge >= 0.3 is 0 Å². The van der Waals surface area contributed by atoms with Gasteiger partial charge in [0.2, 0.25) is 5.91 Å². The summed E-state index contributed by atoms with van der Waals surface area (Å²) in [5.74, 6) is 1.79. The number of nitrogens with zero attached hydrogens (tertiary/aromatic N) is 3. The smallest absolute Gasteiger partial charge is 0.225 e. The van der Waals surface area contributed by atoms with E-state index in [4.69, 9.17) is 0 Å². The third kappa shape index (κ3) is 4.47. The molecule has 1 aromatic rings. The first-order valence-electron chi connectivity index (χ1n) is 7.53. The molecule has 2 heterocycles. The summed E-state index contributed by atoms with van der Waals surface area (Å²) in [5, 5.41) is 11.1. The van der Waals surface area contributed by atoms with Crippen LogP contribution in [0.3, 0.4) is 0 Å². The highest BCUT2D eigenvalue weighted by Gasteiger charge is 2.12. The topological polar surface area (TPSA) is 58.1 Å². The first-order valence-corrected chi connectivity index (χ1v) is 7.53. The standard InChI is InChI=1S/C15H24N4O/c1-12(2)11-15(20)16-13-7-8-14(18-17-13)19-9-5-3-4-6-10-19/h7-8,12H,3-6,9-11H2,1-2H3,(H,16,17,20). The Kier molecular flexibility index (Phi) is 5.32. The van der Waals surface area contributed by atoms with E-state index in [0.29, 0.717) is 18.2 Å². The Labute approximate surface area is 120 Å². The number of carbonyl (C=O) groups excluding carboxylic acids is 1. The van der Waals surface area contributed by atoms with Crippen LogP contribution in [0.2, 0.25) is 0 Å². The van der Waals surface area contributed by atoms with Gasteiger partial charge in [-0.3, -0.25) is 4.79 Å². The van der Waals surface area contributed by atoms with Gasteiger partial charge in [-0.1, -0.05) is 26.7 Å². The summed E-state index contributed by atoms with van der Waals surface area (Å²) in [7, 11) is 0. The third-order valence-corrected chi connectivity index (χ3v) is 3.44. The van der Waals surface area contributed by atoms with E-state index >= 15 is 0 Å². The molecule has 5 nitrogen and oxygen atoms in total. The van der Waals surface area contributed by atoms with Crippen LogP contribution in [0.25, 0.3) is 0 Å². The van der Waals surface area contributed by atoms with Crippen molar-refractivity contribution in [3.8, 4) is 0 Å². The Hall–Kier alpha value is -1.65. The molecule has 1 amide bonds. The quantitative estimate of drug-likeness (QED) is 0.918. The van der Waals surface area contributed by atoms with Crippen molar-refractivity contribution in [1.29, 1.82) is 0 Å². The van der Waals surface area contributed by atoms with Crippen LogP contribution in [0.1, 0.15) is 46.0 Å². The fraction of sp³-hybridized carbons (Fsp3) is 0.667. The molecule has 0 aliphatic carbocycles. The molecular weight excluding hydrogens is 252 g/mol. The Morgan fingerprint density at radius 1 is 1.20 bits per heavy atom. The molecule has 0 radical (unpaired) electrons. The zero-order chi connectivity index (χ0) is 14.4. The van der Waals surface area contributed by atoms with Crippen LogP contribution in [0.5, 0.6) is 0 Å². The molecule has 0 unspecified atom stereocenters. The van der Waals surface area contributed by atoms with E-state index in [-0.39, 0.29) is 5.91 Å². The number of aromatic nitrogens is 2. The average molecular weight is 276 g/mol. The molecule has 2 rings (SSSR count). The van der Waals surface area contributed by atoms with Gasteiger partial charge in [0.25, 0.3) is 0 Å². The molecular formula is C15H24N4O. The molecule has 0 aromatic carbocycles. The van der Waals surface area contributed by atoms with Gasteiger partial charge in [0.15, 0.2) is 11.6 Å². The first-order chi connectivity index (χ1) is 9.65. The average Bonchev–Trinajstić information content (AvgIpc) is 2.67. The second-order valence-corrected chi connectivity index (χ2v) is 5.82. The van der Waals surface area contributed by atoms with Crippen LogP contribution in [0, 0.1) is 5.92 Å². The van der Waals surface area contributed by atoms with Crippen molar-refractivity contribution < 1.29 is 4.79 Å². The molecule has 0 bridgehead atoms. The third-order valence-electron chi connectivity index (χ3n) is 3.44. The van der Waals surface area contributed by atoms with Crippen molar-refractivity contribution in [2.75, 3.05) is 23.3 Å². The van der Waals surface area contributed by atoms with Crippen molar-refractivity contribution in [2.45, 2.75) is 46.0 Å². The summed E-state index contributed by atoms with van der Waals surface area (Å²) in [6.45, 7) is 6.14. The maximum atomic E-state index is 11.7. The van der Waals surface area contributed by atoms with Gasteiger partial charge in [0.05, 0.1) is 0 Å². The molecule has 0 spiro atoms. The van der Waals surface area contributed by atoms with Crippen molar-refractivity contribution in [3.63, 3.8) is 0 Å². The van der Waals surface area contributed by atoms with Crippen LogP contribution >= 0.6 is 0 Å². The molecule has 0 saturated carbocycles. The van der Waals surface area contributed by atoms with Gasteiger partial charge in [-0.25, -0.2) is 0 Å². The van der Waals surface area contributed by atoms with Gasteiger partial charge in [-0.05, 0) is 30.9 Å². The SMILES string of the molecule is CC(C)CC(=O)Nc1ccc(N2CCCCCC2)nn1. The number of rotatable bonds is 4. The van der Waals surface area contributed by atoms with E-state index in [1.54, 1.807) is 0 Å². The van der Waals surface area contributed by atoms with Crippen molar-refractivity contribution >= 4 is 17.5 Å². The maximum Gasteiger partial charge on any atom is 0.225 e. The Balaban J connectivity index is 1.93. The molecule has 1 saturated heterocycles. The molecule has 5 heteroatoms. The zero-order valence-corrected chi connectivity index (χ0v) is 12.4. The van der Waals surface area contributed by atoms with Gasteiger partial charge in [0, 0.05) is 19.5 Å². The lowest BCUT2D eigenvalue weighted by Crippen LogP contribution is -2.25. The van der Waals surface area contributed by atoms with E-state index in [2.05, 4.69) is 20.4 Å². The first kappa shape index (κ1) is 14.8.